The molecule has 1 fully saturated rings. The van der Waals surface area contributed by atoms with Gasteiger partial charge in [-0.2, -0.15) is 13.2 Å². The number of rotatable bonds is 8. The molecule has 1 aliphatic carbocycles. The van der Waals surface area contributed by atoms with E-state index in [9.17, 15) is 13.2 Å². The Bertz CT molecular complexity index is 224. The molecule has 0 heterocycles. The minimum Gasteiger partial charge on any atom is -0.381 e. The van der Waals surface area contributed by atoms with Crippen molar-refractivity contribution in [3.05, 3.63) is 0 Å². The second kappa shape index (κ2) is 7.96. The van der Waals surface area contributed by atoms with Crippen molar-refractivity contribution in [3.63, 3.8) is 0 Å². The van der Waals surface area contributed by atoms with Gasteiger partial charge in [0.2, 0.25) is 0 Å². The number of halogens is 3. The highest BCUT2D eigenvalue weighted by Gasteiger charge is 2.27. The van der Waals surface area contributed by atoms with E-state index in [0.29, 0.717) is 38.0 Å². The van der Waals surface area contributed by atoms with Crippen LogP contribution in [0.3, 0.4) is 0 Å². The molecule has 0 aromatic rings. The lowest BCUT2D eigenvalue weighted by molar-refractivity contribution is -0.174. The molecule has 0 aromatic carbocycles. The summed E-state index contributed by atoms with van der Waals surface area (Å²) in [7, 11) is 0. The molecular formula is C12H22F3NO2. The summed E-state index contributed by atoms with van der Waals surface area (Å²) in [5, 5.41) is 0. The van der Waals surface area contributed by atoms with E-state index in [0.717, 1.165) is 6.42 Å². The molecule has 3 nitrogen and oxygen atoms in total. The summed E-state index contributed by atoms with van der Waals surface area (Å²) >= 11 is 0. The molecule has 0 aromatic heterocycles. The van der Waals surface area contributed by atoms with E-state index < -0.39 is 12.8 Å². The third kappa shape index (κ3) is 6.56. The minimum absolute atomic E-state index is 0.0878. The maximum atomic E-state index is 11.7. The highest BCUT2D eigenvalue weighted by Crippen LogP contribution is 2.30. The Morgan fingerprint density at radius 2 is 1.72 bits per heavy atom. The maximum Gasteiger partial charge on any atom is 0.411 e. The van der Waals surface area contributed by atoms with Gasteiger partial charge in [-0.1, -0.05) is 6.42 Å². The van der Waals surface area contributed by atoms with Crippen molar-refractivity contribution in [2.24, 2.45) is 17.6 Å². The van der Waals surface area contributed by atoms with Crippen LogP contribution in [0.4, 0.5) is 13.2 Å². The first-order valence-corrected chi connectivity index (χ1v) is 6.45. The first-order chi connectivity index (χ1) is 8.53. The summed E-state index contributed by atoms with van der Waals surface area (Å²) in [4.78, 5) is 0. The number of ether oxygens (including phenoxy) is 2. The Morgan fingerprint density at radius 3 is 2.39 bits per heavy atom. The monoisotopic (exact) mass is 269 g/mol. The molecule has 0 aliphatic heterocycles. The molecule has 2 N–H and O–H groups in total. The number of hydrogen-bond acceptors (Lipinski definition) is 3. The van der Waals surface area contributed by atoms with Crippen LogP contribution in [0.5, 0.6) is 0 Å². The van der Waals surface area contributed by atoms with Gasteiger partial charge >= 0.3 is 6.18 Å². The fourth-order valence-electron chi connectivity index (χ4n) is 2.33. The van der Waals surface area contributed by atoms with E-state index >= 15 is 0 Å². The molecule has 0 spiro atoms. The quantitative estimate of drug-likeness (QED) is 0.688. The topological polar surface area (TPSA) is 44.5 Å². The third-order valence-corrected chi connectivity index (χ3v) is 3.29. The molecule has 0 radical (unpaired) electrons. The first kappa shape index (κ1) is 15.7. The zero-order chi connectivity index (χ0) is 13.4. The van der Waals surface area contributed by atoms with Crippen LogP contribution in [-0.4, -0.2) is 39.1 Å². The molecule has 1 saturated carbocycles. The van der Waals surface area contributed by atoms with Crippen LogP contribution in [0.25, 0.3) is 0 Å². The van der Waals surface area contributed by atoms with Crippen LogP contribution in [-0.2, 0) is 9.47 Å². The second-order valence-corrected chi connectivity index (χ2v) is 4.78. The smallest absolute Gasteiger partial charge is 0.381 e. The third-order valence-electron chi connectivity index (χ3n) is 3.29. The van der Waals surface area contributed by atoms with Crippen LogP contribution in [0.15, 0.2) is 0 Å². The van der Waals surface area contributed by atoms with Gasteiger partial charge in [0.05, 0.1) is 0 Å². The van der Waals surface area contributed by atoms with E-state index in [2.05, 4.69) is 4.74 Å². The summed E-state index contributed by atoms with van der Waals surface area (Å²) in [5.74, 6) is 1.07. The summed E-state index contributed by atoms with van der Waals surface area (Å²) in [6.45, 7) is 0.727. The summed E-state index contributed by atoms with van der Waals surface area (Å²) in [5.41, 5.74) is 5.65. The van der Waals surface area contributed by atoms with Crippen LogP contribution >= 0.6 is 0 Å². The minimum atomic E-state index is -4.24. The maximum absolute atomic E-state index is 11.7. The molecule has 0 amide bonds. The lowest BCUT2D eigenvalue weighted by Gasteiger charge is -2.17. The average Bonchev–Trinajstić information content (AvgIpc) is 2.73. The van der Waals surface area contributed by atoms with Gasteiger partial charge in [-0.15, -0.1) is 0 Å². The van der Waals surface area contributed by atoms with E-state index in [1.54, 1.807) is 0 Å². The molecule has 0 bridgehead atoms. The highest BCUT2D eigenvalue weighted by molar-refractivity contribution is 4.77. The number of hydrogen-bond donors (Lipinski definition) is 1. The molecule has 2 unspecified atom stereocenters. The zero-order valence-corrected chi connectivity index (χ0v) is 10.5. The van der Waals surface area contributed by atoms with Crippen molar-refractivity contribution >= 4 is 0 Å². The van der Waals surface area contributed by atoms with Crippen LogP contribution < -0.4 is 5.73 Å². The summed E-state index contributed by atoms with van der Waals surface area (Å²) in [6.07, 6.45) is -0.231. The van der Waals surface area contributed by atoms with Crippen molar-refractivity contribution in [2.75, 3.05) is 33.0 Å². The Labute approximate surface area is 106 Å². The van der Waals surface area contributed by atoms with Gasteiger partial charge in [-0.3, -0.25) is 0 Å². The molecule has 6 heteroatoms. The Kier molecular flexibility index (Phi) is 6.96. The van der Waals surface area contributed by atoms with E-state index in [4.69, 9.17) is 10.5 Å². The van der Waals surface area contributed by atoms with Crippen molar-refractivity contribution < 1.29 is 22.6 Å². The lowest BCUT2D eigenvalue weighted by atomic mass is 9.97. The van der Waals surface area contributed by atoms with Crippen molar-refractivity contribution in [1.29, 1.82) is 0 Å². The van der Waals surface area contributed by atoms with Gasteiger partial charge in [0.1, 0.15) is 6.61 Å². The zero-order valence-electron chi connectivity index (χ0n) is 10.5. The van der Waals surface area contributed by atoms with Crippen LogP contribution in [0.2, 0.25) is 0 Å². The molecule has 1 rings (SSSR count). The summed E-state index contributed by atoms with van der Waals surface area (Å²) < 4.78 is 45.2. The first-order valence-electron chi connectivity index (χ1n) is 6.45. The Balaban J connectivity index is 1.92. The van der Waals surface area contributed by atoms with Gasteiger partial charge in [0.15, 0.2) is 0 Å². The van der Waals surface area contributed by atoms with E-state index in [1.807, 2.05) is 0 Å². The number of nitrogens with two attached hydrogens (primary N) is 1. The molecule has 2 atom stereocenters. The standard InChI is InChI=1S/C12H22F3NO2/c13-12(14,15)9-18-6-2-5-17-8-11-4-1-3-10(11)7-16/h10-11H,1-9,16H2. The largest absolute Gasteiger partial charge is 0.411 e. The fraction of sp³-hybridized carbons (Fsp3) is 1.00. The molecule has 108 valence electrons. The van der Waals surface area contributed by atoms with Gasteiger partial charge in [-0.25, -0.2) is 0 Å². The van der Waals surface area contributed by atoms with Crippen LogP contribution in [0, 0.1) is 11.8 Å². The molecule has 1 aliphatic rings. The molecule has 18 heavy (non-hydrogen) atoms. The van der Waals surface area contributed by atoms with Gasteiger partial charge in [-0.05, 0) is 37.6 Å². The predicted octanol–water partition coefficient (Wildman–Crippen LogP) is 2.35. The SMILES string of the molecule is NCC1CCCC1COCCCOCC(F)(F)F. The van der Waals surface area contributed by atoms with E-state index in [-0.39, 0.29) is 6.61 Å². The van der Waals surface area contributed by atoms with Gasteiger partial charge in [0, 0.05) is 19.8 Å². The van der Waals surface area contributed by atoms with Gasteiger partial charge < -0.3 is 15.2 Å². The lowest BCUT2D eigenvalue weighted by Crippen LogP contribution is -2.22. The number of alkyl halides is 3. The predicted molar refractivity (Wildman–Crippen MR) is 62.2 cm³/mol. The van der Waals surface area contributed by atoms with Crippen LogP contribution in [0.1, 0.15) is 25.7 Å². The fourth-order valence-corrected chi connectivity index (χ4v) is 2.33. The average molecular weight is 269 g/mol. The normalized spacial score (nSPS) is 24.7. The van der Waals surface area contributed by atoms with Crippen molar-refractivity contribution in [3.8, 4) is 0 Å². The second-order valence-electron chi connectivity index (χ2n) is 4.78. The highest BCUT2D eigenvalue weighted by atomic mass is 19.4. The summed E-state index contributed by atoms with van der Waals surface area (Å²) in [6, 6.07) is 0. The molecular weight excluding hydrogens is 247 g/mol. The van der Waals surface area contributed by atoms with Crippen molar-refractivity contribution in [2.45, 2.75) is 31.9 Å². The van der Waals surface area contributed by atoms with Gasteiger partial charge in [0.25, 0.3) is 0 Å². The van der Waals surface area contributed by atoms with Crippen molar-refractivity contribution in [1.82, 2.24) is 0 Å². The van der Waals surface area contributed by atoms with E-state index in [1.165, 1.54) is 12.8 Å². The molecule has 0 saturated heterocycles. The Morgan fingerprint density at radius 1 is 1.06 bits per heavy atom. The Hall–Kier alpha value is -0.330.